The molecule has 1 N–H and O–H groups in total. The van der Waals surface area contributed by atoms with Crippen molar-refractivity contribution in [2.75, 3.05) is 33.8 Å². The van der Waals surface area contributed by atoms with E-state index in [9.17, 15) is 14.4 Å². The van der Waals surface area contributed by atoms with E-state index in [0.717, 1.165) is 77.2 Å². The van der Waals surface area contributed by atoms with E-state index in [-0.39, 0.29) is 17.7 Å². The molecule has 0 spiro atoms. The predicted octanol–water partition coefficient (Wildman–Crippen LogP) is 12.6. The van der Waals surface area contributed by atoms with Crippen molar-refractivity contribution in [3.63, 3.8) is 0 Å². The SMILES string of the molecule is CCCCC/C=C\C/C=C\CCCCCCCCCC(=O)[C@@H]1C[C@H](NC(=O)OCCCN(C)C)CN1C(=O)CCCCCCC/C=C\C/C=C\CCCCC. The standard InChI is InChI=1S/C48H85N3O4/c1-5-7-9-11-13-15-17-19-21-22-24-25-27-29-31-33-35-38-46(52)45-42-44(49-48(54)55-41-37-40-50(3)4)43-51(45)47(53)39-36-34-32-30-28-26-23-20-18-16-14-12-10-8-6-2/h13-16,19-21,23,44-45H,5-12,17-18,22,24-43H2,1-4H3,(H,49,54)/b15-13-,16-14-,21-19-,23-20-/t44-,45-/m0/s1. The Balaban J connectivity index is 2.37. The van der Waals surface area contributed by atoms with Gasteiger partial charge in [0.25, 0.3) is 0 Å². The number of allylic oxidation sites excluding steroid dienone is 8. The van der Waals surface area contributed by atoms with Gasteiger partial charge in [-0.05, 0) is 104 Å². The molecule has 2 amide bonds. The molecule has 1 heterocycles. The number of alkyl carbamates (subject to hydrolysis) is 1. The summed E-state index contributed by atoms with van der Waals surface area (Å²) in [6.45, 7) is 6.07. The second kappa shape index (κ2) is 36.9. The number of nitrogens with one attached hydrogen (secondary N) is 1. The van der Waals surface area contributed by atoms with Gasteiger partial charge < -0.3 is 19.9 Å². The molecule has 0 saturated carbocycles. The van der Waals surface area contributed by atoms with Crippen LogP contribution in [-0.2, 0) is 14.3 Å². The molecule has 1 saturated heterocycles. The zero-order chi connectivity index (χ0) is 40.0. The minimum absolute atomic E-state index is 0.0430. The van der Waals surface area contributed by atoms with Gasteiger partial charge in [0.2, 0.25) is 5.91 Å². The van der Waals surface area contributed by atoms with Gasteiger partial charge in [-0.1, -0.05) is 140 Å². The Bertz CT molecular complexity index is 1070. The lowest BCUT2D eigenvalue weighted by Crippen LogP contribution is -2.41. The summed E-state index contributed by atoms with van der Waals surface area (Å²) < 4.78 is 5.39. The van der Waals surface area contributed by atoms with Gasteiger partial charge in [0.1, 0.15) is 0 Å². The number of ketones is 1. The van der Waals surface area contributed by atoms with Crippen molar-refractivity contribution in [2.45, 2.75) is 206 Å². The van der Waals surface area contributed by atoms with Gasteiger partial charge in [-0.2, -0.15) is 0 Å². The molecule has 7 nitrogen and oxygen atoms in total. The number of unbranched alkanes of at least 4 members (excludes halogenated alkanes) is 18. The summed E-state index contributed by atoms with van der Waals surface area (Å²) in [7, 11) is 3.99. The van der Waals surface area contributed by atoms with E-state index in [1.165, 1.54) is 89.9 Å². The number of Topliss-reactive ketones (excluding diaryl/α,β-unsaturated/α-hetero) is 1. The van der Waals surface area contributed by atoms with E-state index in [2.05, 4.69) is 72.7 Å². The van der Waals surface area contributed by atoms with Gasteiger partial charge in [0.05, 0.1) is 18.7 Å². The number of hydrogen-bond donors (Lipinski definition) is 1. The Morgan fingerprint density at radius 2 is 1.05 bits per heavy atom. The molecule has 1 rings (SSSR count). The van der Waals surface area contributed by atoms with Crippen molar-refractivity contribution < 1.29 is 19.1 Å². The molecule has 0 aromatic carbocycles. The van der Waals surface area contributed by atoms with Gasteiger partial charge in [-0.15, -0.1) is 0 Å². The van der Waals surface area contributed by atoms with Crippen LogP contribution in [0.4, 0.5) is 4.79 Å². The molecule has 1 fully saturated rings. The van der Waals surface area contributed by atoms with Gasteiger partial charge in [-0.3, -0.25) is 9.59 Å². The highest BCUT2D eigenvalue weighted by Gasteiger charge is 2.39. The van der Waals surface area contributed by atoms with Crippen LogP contribution in [-0.4, -0.2) is 73.5 Å². The lowest BCUT2D eigenvalue weighted by atomic mass is 10.0. The van der Waals surface area contributed by atoms with Crippen molar-refractivity contribution in [1.82, 2.24) is 15.1 Å². The first-order chi connectivity index (χ1) is 26.9. The van der Waals surface area contributed by atoms with Gasteiger partial charge in [-0.25, -0.2) is 4.79 Å². The number of ether oxygens (including phenoxy) is 1. The number of nitrogens with zero attached hydrogens (tertiary/aromatic N) is 2. The summed E-state index contributed by atoms with van der Waals surface area (Å²) in [4.78, 5) is 43.3. The van der Waals surface area contributed by atoms with Crippen LogP contribution in [0, 0.1) is 0 Å². The average Bonchev–Trinajstić information content (AvgIpc) is 3.59. The molecule has 55 heavy (non-hydrogen) atoms. The summed E-state index contributed by atoms with van der Waals surface area (Å²) in [6, 6.07) is -0.708. The highest BCUT2D eigenvalue weighted by atomic mass is 16.5. The molecule has 0 aliphatic carbocycles. The minimum atomic E-state index is -0.459. The second-order valence-electron chi connectivity index (χ2n) is 16.1. The van der Waals surface area contributed by atoms with Crippen molar-refractivity contribution in [2.24, 2.45) is 0 Å². The molecule has 0 bridgehead atoms. The second-order valence-corrected chi connectivity index (χ2v) is 16.1. The maximum atomic E-state index is 13.5. The van der Waals surface area contributed by atoms with E-state index in [1.54, 1.807) is 4.90 Å². The summed E-state index contributed by atoms with van der Waals surface area (Å²) in [5.74, 6) is 0.182. The Hall–Kier alpha value is -2.67. The predicted molar refractivity (Wildman–Crippen MR) is 235 cm³/mol. The lowest BCUT2D eigenvalue weighted by molar-refractivity contribution is -0.137. The van der Waals surface area contributed by atoms with Crippen molar-refractivity contribution in [1.29, 1.82) is 0 Å². The fraction of sp³-hybridized carbons (Fsp3) is 0.771. The first kappa shape index (κ1) is 50.3. The highest BCUT2D eigenvalue weighted by molar-refractivity contribution is 5.90. The van der Waals surface area contributed by atoms with E-state index >= 15 is 0 Å². The first-order valence-corrected chi connectivity index (χ1v) is 22.9. The molecular formula is C48H85N3O4. The topological polar surface area (TPSA) is 79.0 Å². The van der Waals surface area contributed by atoms with Crippen molar-refractivity contribution in [3.8, 4) is 0 Å². The van der Waals surface area contributed by atoms with E-state index in [1.807, 2.05) is 14.1 Å². The Morgan fingerprint density at radius 3 is 1.55 bits per heavy atom. The molecule has 2 atom stereocenters. The zero-order valence-corrected chi connectivity index (χ0v) is 36.2. The number of carbonyl (C=O) groups excluding carboxylic acids is 3. The number of likely N-dealkylation sites (tertiary alicyclic amines) is 1. The molecule has 0 unspecified atom stereocenters. The molecule has 1 aliphatic rings. The average molecular weight is 768 g/mol. The van der Waals surface area contributed by atoms with Crippen LogP contribution in [0.5, 0.6) is 0 Å². The van der Waals surface area contributed by atoms with Crippen LogP contribution in [0.3, 0.4) is 0 Å². The van der Waals surface area contributed by atoms with Crippen LogP contribution in [0.2, 0.25) is 0 Å². The number of hydrogen-bond acceptors (Lipinski definition) is 5. The quantitative estimate of drug-likeness (QED) is 0.0507. The van der Waals surface area contributed by atoms with E-state index in [4.69, 9.17) is 4.74 Å². The van der Waals surface area contributed by atoms with Crippen LogP contribution >= 0.6 is 0 Å². The monoisotopic (exact) mass is 768 g/mol. The maximum Gasteiger partial charge on any atom is 0.407 e. The van der Waals surface area contributed by atoms with Crippen LogP contribution in [0.1, 0.15) is 194 Å². The zero-order valence-electron chi connectivity index (χ0n) is 36.2. The molecule has 0 aromatic rings. The van der Waals surface area contributed by atoms with Gasteiger partial charge in [0, 0.05) is 25.9 Å². The fourth-order valence-corrected chi connectivity index (χ4v) is 7.14. The molecule has 0 aromatic heterocycles. The van der Waals surface area contributed by atoms with E-state index in [0.29, 0.717) is 32.4 Å². The summed E-state index contributed by atoms with van der Waals surface area (Å²) in [6.07, 6.45) is 48.0. The Labute approximate surface area is 339 Å². The summed E-state index contributed by atoms with van der Waals surface area (Å²) >= 11 is 0. The van der Waals surface area contributed by atoms with Crippen LogP contribution < -0.4 is 5.32 Å². The van der Waals surface area contributed by atoms with Crippen LogP contribution in [0.15, 0.2) is 48.6 Å². The molecule has 7 heteroatoms. The van der Waals surface area contributed by atoms with Crippen molar-refractivity contribution in [3.05, 3.63) is 48.6 Å². The normalized spacial score (nSPS) is 16.2. The number of amides is 2. The third-order valence-electron chi connectivity index (χ3n) is 10.5. The van der Waals surface area contributed by atoms with Crippen LogP contribution in [0.25, 0.3) is 0 Å². The first-order valence-electron chi connectivity index (χ1n) is 22.9. The van der Waals surface area contributed by atoms with Crippen molar-refractivity contribution >= 4 is 17.8 Å². The van der Waals surface area contributed by atoms with Gasteiger partial charge in [0.15, 0.2) is 5.78 Å². The smallest absolute Gasteiger partial charge is 0.407 e. The Kier molecular flexibility index (Phi) is 33.8. The highest BCUT2D eigenvalue weighted by Crippen LogP contribution is 2.24. The third-order valence-corrected chi connectivity index (χ3v) is 10.5. The molecule has 0 radical (unpaired) electrons. The number of rotatable bonds is 36. The van der Waals surface area contributed by atoms with Gasteiger partial charge >= 0.3 is 6.09 Å². The summed E-state index contributed by atoms with van der Waals surface area (Å²) in [5, 5.41) is 2.95. The summed E-state index contributed by atoms with van der Waals surface area (Å²) in [5.41, 5.74) is 0. The third kappa shape index (κ3) is 30.2. The number of carbonyl (C=O) groups is 3. The molecular weight excluding hydrogens is 683 g/mol. The fourth-order valence-electron chi connectivity index (χ4n) is 7.14. The van der Waals surface area contributed by atoms with E-state index < -0.39 is 12.1 Å². The molecule has 316 valence electrons. The lowest BCUT2D eigenvalue weighted by Gasteiger charge is -2.23. The maximum absolute atomic E-state index is 13.5. The Morgan fingerprint density at radius 1 is 0.600 bits per heavy atom. The largest absolute Gasteiger partial charge is 0.450 e. The molecule has 1 aliphatic heterocycles. The minimum Gasteiger partial charge on any atom is -0.450 e.